The van der Waals surface area contributed by atoms with Gasteiger partial charge in [0.25, 0.3) is 0 Å². The van der Waals surface area contributed by atoms with Gasteiger partial charge in [0.15, 0.2) is 0 Å². The molecule has 0 saturated carbocycles. The molecule has 2 rings (SSSR count). The van der Waals surface area contributed by atoms with E-state index < -0.39 is 0 Å². The van der Waals surface area contributed by atoms with Crippen LogP contribution in [0.3, 0.4) is 0 Å². The van der Waals surface area contributed by atoms with Crippen molar-refractivity contribution in [2.45, 2.75) is 33.8 Å². The highest BCUT2D eigenvalue weighted by molar-refractivity contribution is 6.02. The van der Waals surface area contributed by atoms with Crippen LogP contribution in [0.4, 0.5) is 11.4 Å². The van der Waals surface area contributed by atoms with Crippen LogP contribution in [-0.2, 0) is 9.59 Å². The smallest absolute Gasteiger partial charge is 0.244 e. The number of anilines is 2. The number of hydrogen-bond acceptors (Lipinski definition) is 3. The maximum absolute atomic E-state index is 12.4. The number of aryl methyl sites for hydroxylation is 1. The number of benzene rings is 2. The quantitative estimate of drug-likeness (QED) is 0.871. The van der Waals surface area contributed by atoms with Crippen molar-refractivity contribution in [3.8, 4) is 5.75 Å². The molecule has 0 aliphatic heterocycles. The van der Waals surface area contributed by atoms with Gasteiger partial charge in [0.2, 0.25) is 11.8 Å². The minimum Gasteiger partial charge on any atom is -0.489 e. The zero-order valence-corrected chi connectivity index (χ0v) is 15.1. The van der Waals surface area contributed by atoms with Gasteiger partial charge in [0.05, 0.1) is 11.8 Å². The Balaban J connectivity index is 2.17. The Bertz CT molecular complexity index is 739. The topological polar surface area (TPSA) is 58.6 Å². The van der Waals surface area contributed by atoms with Crippen molar-refractivity contribution in [1.82, 2.24) is 0 Å². The molecule has 25 heavy (non-hydrogen) atoms. The second kappa shape index (κ2) is 8.33. The number of carbonyl (C=O) groups excluding carboxylic acids is 2. The molecule has 0 atom stereocenters. The summed E-state index contributed by atoms with van der Waals surface area (Å²) in [5.41, 5.74) is 2.40. The molecule has 0 aromatic heterocycles. The highest BCUT2D eigenvalue weighted by atomic mass is 16.5. The lowest BCUT2D eigenvalue weighted by Gasteiger charge is -2.24. The molecule has 2 aromatic carbocycles. The number of para-hydroxylation sites is 2. The summed E-state index contributed by atoms with van der Waals surface area (Å²) < 4.78 is 5.76. The molecule has 0 aliphatic carbocycles. The van der Waals surface area contributed by atoms with E-state index in [2.05, 4.69) is 5.32 Å². The zero-order chi connectivity index (χ0) is 18.4. The molecule has 0 spiro atoms. The lowest BCUT2D eigenvalue weighted by atomic mass is 10.2. The van der Waals surface area contributed by atoms with Gasteiger partial charge in [-0.05, 0) is 45.0 Å². The van der Waals surface area contributed by atoms with Gasteiger partial charge in [-0.1, -0.05) is 29.8 Å². The summed E-state index contributed by atoms with van der Waals surface area (Å²) in [5, 5.41) is 2.81. The van der Waals surface area contributed by atoms with Gasteiger partial charge in [0, 0.05) is 12.6 Å². The predicted molar refractivity (Wildman–Crippen MR) is 100 cm³/mol. The summed E-state index contributed by atoms with van der Waals surface area (Å²) in [4.78, 5) is 25.9. The average Bonchev–Trinajstić information content (AvgIpc) is 2.55. The normalized spacial score (nSPS) is 10.4. The van der Waals surface area contributed by atoms with Crippen LogP contribution in [0.2, 0.25) is 0 Å². The molecule has 5 nitrogen and oxygen atoms in total. The number of nitrogens with zero attached hydrogens (tertiary/aromatic N) is 1. The summed E-state index contributed by atoms with van der Waals surface area (Å²) in [5.74, 6) is 0.0908. The van der Waals surface area contributed by atoms with Crippen LogP contribution in [0.5, 0.6) is 5.75 Å². The van der Waals surface area contributed by atoms with Crippen molar-refractivity contribution >= 4 is 23.2 Å². The van der Waals surface area contributed by atoms with Crippen molar-refractivity contribution < 1.29 is 14.3 Å². The molecule has 2 amide bonds. The summed E-state index contributed by atoms with van der Waals surface area (Å²) in [6.07, 6.45) is -0.0312. The van der Waals surface area contributed by atoms with E-state index in [1.54, 1.807) is 12.1 Å². The molecule has 0 saturated heterocycles. The first-order valence-corrected chi connectivity index (χ1v) is 8.27. The molecular weight excluding hydrogens is 316 g/mol. The first-order chi connectivity index (χ1) is 11.9. The maximum Gasteiger partial charge on any atom is 0.244 e. The van der Waals surface area contributed by atoms with E-state index in [1.807, 2.05) is 57.2 Å². The minimum atomic E-state index is -0.265. The Morgan fingerprint density at radius 2 is 1.72 bits per heavy atom. The highest BCUT2D eigenvalue weighted by Gasteiger charge is 2.20. The van der Waals surface area contributed by atoms with Gasteiger partial charge in [-0.15, -0.1) is 0 Å². The van der Waals surface area contributed by atoms with Crippen molar-refractivity contribution in [1.29, 1.82) is 0 Å². The molecule has 0 aliphatic rings. The van der Waals surface area contributed by atoms with Gasteiger partial charge >= 0.3 is 0 Å². The van der Waals surface area contributed by atoms with Crippen LogP contribution in [-0.4, -0.2) is 24.5 Å². The van der Waals surface area contributed by atoms with E-state index in [0.29, 0.717) is 17.1 Å². The monoisotopic (exact) mass is 340 g/mol. The van der Waals surface area contributed by atoms with Gasteiger partial charge in [0.1, 0.15) is 12.3 Å². The minimum absolute atomic E-state index is 0.0312. The Morgan fingerprint density at radius 1 is 1.08 bits per heavy atom. The fourth-order valence-electron chi connectivity index (χ4n) is 2.38. The van der Waals surface area contributed by atoms with E-state index >= 15 is 0 Å². The molecular formula is C20H24N2O3. The summed E-state index contributed by atoms with van der Waals surface area (Å²) >= 11 is 0. The molecule has 0 radical (unpaired) electrons. The number of hydrogen-bond donors (Lipinski definition) is 1. The Morgan fingerprint density at radius 3 is 2.32 bits per heavy atom. The third kappa shape index (κ3) is 5.35. The van der Waals surface area contributed by atoms with E-state index in [-0.39, 0.29) is 24.5 Å². The Hall–Kier alpha value is -2.82. The molecule has 0 bridgehead atoms. The fourth-order valence-corrected chi connectivity index (χ4v) is 2.38. The van der Waals surface area contributed by atoms with Crippen LogP contribution in [0.15, 0.2) is 48.5 Å². The highest BCUT2D eigenvalue weighted by Crippen LogP contribution is 2.29. The van der Waals surface area contributed by atoms with Crippen molar-refractivity contribution in [2.24, 2.45) is 0 Å². The molecule has 0 heterocycles. The molecule has 132 valence electrons. The van der Waals surface area contributed by atoms with Gasteiger partial charge in [-0.3, -0.25) is 14.5 Å². The SMILES string of the molecule is CC(=O)N(CC(=O)Nc1ccc(C)cc1)c1ccccc1OC(C)C. The average molecular weight is 340 g/mol. The van der Waals surface area contributed by atoms with Gasteiger partial charge in [-0.2, -0.15) is 0 Å². The summed E-state index contributed by atoms with van der Waals surface area (Å²) in [7, 11) is 0. The van der Waals surface area contributed by atoms with Crippen molar-refractivity contribution in [3.05, 3.63) is 54.1 Å². The Labute approximate surface area is 148 Å². The number of carbonyl (C=O) groups is 2. The third-order valence-electron chi connectivity index (χ3n) is 3.54. The standard InChI is InChI=1S/C20H24N2O3/c1-14(2)25-19-8-6-5-7-18(19)22(16(4)23)13-20(24)21-17-11-9-15(3)10-12-17/h5-12,14H,13H2,1-4H3,(H,21,24). The lowest BCUT2D eigenvalue weighted by Crippen LogP contribution is -2.37. The lowest BCUT2D eigenvalue weighted by molar-refractivity contribution is -0.120. The second-order valence-corrected chi connectivity index (χ2v) is 6.15. The number of nitrogens with one attached hydrogen (secondary N) is 1. The van der Waals surface area contributed by atoms with E-state index in [4.69, 9.17) is 4.74 Å². The Kier molecular flexibility index (Phi) is 6.17. The molecule has 1 N–H and O–H groups in total. The summed E-state index contributed by atoms with van der Waals surface area (Å²) in [6.45, 7) is 7.17. The summed E-state index contributed by atoms with van der Waals surface area (Å²) in [6, 6.07) is 14.7. The first kappa shape index (κ1) is 18.5. The van der Waals surface area contributed by atoms with Crippen LogP contribution in [0.25, 0.3) is 0 Å². The zero-order valence-electron chi connectivity index (χ0n) is 15.1. The maximum atomic E-state index is 12.4. The van der Waals surface area contributed by atoms with Crippen LogP contribution < -0.4 is 15.0 Å². The number of ether oxygens (including phenoxy) is 1. The number of rotatable bonds is 6. The van der Waals surface area contributed by atoms with E-state index in [1.165, 1.54) is 11.8 Å². The number of amides is 2. The predicted octanol–water partition coefficient (Wildman–Crippen LogP) is 3.77. The van der Waals surface area contributed by atoms with Crippen LogP contribution in [0.1, 0.15) is 26.3 Å². The molecule has 2 aromatic rings. The van der Waals surface area contributed by atoms with Crippen molar-refractivity contribution in [3.63, 3.8) is 0 Å². The fraction of sp³-hybridized carbons (Fsp3) is 0.300. The van der Waals surface area contributed by atoms with Gasteiger partial charge in [-0.25, -0.2) is 0 Å². The van der Waals surface area contributed by atoms with Crippen LogP contribution in [0, 0.1) is 6.92 Å². The third-order valence-corrected chi connectivity index (χ3v) is 3.54. The van der Waals surface area contributed by atoms with Crippen LogP contribution >= 0.6 is 0 Å². The van der Waals surface area contributed by atoms with Crippen molar-refractivity contribution in [2.75, 3.05) is 16.8 Å². The second-order valence-electron chi connectivity index (χ2n) is 6.15. The first-order valence-electron chi connectivity index (χ1n) is 8.27. The molecule has 5 heteroatoms. The molecule has 0 fully saturated rings. The van der Waals surface area contributed by atoms with Gasteiger partial charge < -0.3 is 10.1 Å². The van der Waals surface area contributed by atoms with E-state index in [9.17, 15) is 9.59 Å². The molecule has 0 unspecified atom stereocenters. The largest absolute Gasteiger partial charge is 0.489 e. The van der Waals surface area contributed by atoms with E-state index in [0.717, 1.165) is 5.56 Å².